The van der Waals surface area contributed by atoms with Gasteiger partial charge in [0.15, 0.2) is 0 Å². The number of amides is 2. The van der Waals surface area contributed by atoms with Crippen molar-refractivity contribution in [3.8, 4) is 0 Å². The molecule has 1 unspecified atom stereocenters. The molecule has 1 aromatic rings. The van der Waals surface area contributed by atoms with Gasteiger partial charge in [-0.1, -0.05) is 12.1 Å². The standard InChI is InChI=1S/C14H13NO4/c16-12-6-7-13(17)15(12)11-5-4-8-9(11)2-1-3-10(8)14(18)19/h1-3,11H,4-7H2,(H,18,19). The quantitative estimate of drug-likeness (QED) is 0.817. The van der Waals surface area contributed by atoms with E-state index >= 15 is 0 Å². The average Bonchev–Trinajstić information content (AvgIpc) is 2.93. The number of benzene rings is 1. The molecule has 0 saturated carbocycles. The Morgan fingerprint density at radius 3 is 2.47 bits per heavy atom. The van der Waals surface area contributed by atoms with E-state index in [0.717, 1.165) is 11.1 Å². The van der Waals surface area contributed by atoms with Gasteiger partial charge in [0.1, 0.15) is 0 Å². The van der Waals surface area contributed by atoms with Crippen LogP contribution in [-0.2, 0) is 16.0 Å². The van der Waals surface area contributed by atoms with Crippen molar-refractivity contribution in [2.75, 3.05) is 0 Å². The number of hydrogen-bond donors (Lipinski definition) is 1. The number of imide groups is 1. The summed E-state index contributed by atoms with van der Waals surface area (Å²) in [6, 6.07) is 4.78. The Morgan fingerprint density at radius 1 is 1.16 bits per heavy atom. The fraction of sp³-hybridized carbons (Fsp3) is 0.357. The number of likely N-dealkylation sites (tertiary alicyclic amines) is 1. The van der Waals surface area contributed by atoms with Crippen LogP contribution in [0.15, 0.2) is 18.2 Å². The van der Waals surface area contributed by atoms with E-state index in [1.54, 1.807) is 12.1 Å². The molecule has 1 atom stereocenters. The number of nitrogens with zero attached hydrogens (tertiary/aromatic N) is 1. The van der Waals surface area contributed by atoms with Gasteiger partial charge >= 0.3 is 5.97 Å². The van der Waals surface area contributed by atoms with Gasteiger partial charge in [-0.2, -0.15) is 0 Å². The number of fused-ring (bicyclic) bond motifs is 1. The molecule has 5 nitrogen and oxygen atoms in total. The molecule has 1 heterocycles. The van der Waals surface area contributed by atoms with Crippen molar-refractivity contribution in [3.63, 3.8) is 0 Å². The molecule has 0 aromatic heterocycles. The van der Waals surface area contributed by atoms with Gasteiger partial charge in [-0.3, -0.25) is 14.5 Å². The molecule has 0 radical (unpaired) electrons. The van der Waals surface area contributed by atoms with Gasteiger partial charge in [0.25, 0.3) is 0 Å². The summed E-state index contributed by atoms with van der Waals surface area (Å²) in [5.74, 6) is -1.26. The van der Waals surface area contributed by atoms with Gasteiger partial charge in [-0.05, 0) is 30.0 Å². The SMILES string of the molecule is O=C(O)c1cccc2c1CCC2N1C(=O)CCC1=O. The molecule has 1 saturated heterocycles. The van der Waals surface area contributed by atoms with Crippen molar-refractivity contribution in [2.24, 2.45) is 0 Å². The monoisotopic (exact) mass is 259 g/mol. The largest absolute Gasteiger partial charge is 0.478 e. The molecule has 1 fully saturated rings. The summed E-state index contributed by atoms with van der Waals surface area (Å²) in [7, 11) is 0. The molecule has 2 aliphatic rings. The number of aromatic carboxylic acids is 1. The highest BCUT2D eigenvalue weighted by Gasteiger charge is 2.39. The van der Waals surface area contributed by atoms with Crippen LogP contribution in [0.5, 0.6) is 0 Å². The van der Waals surface area contributed by atoms with E-state index in [-0.39, 0.29) is 36.3 Å². The number of carboxylic acid groups (broad SMARTS) is 1. The van der Waals surface area contributed by atoms with E-state index < -0.39 is 5.97 Å². The van der Waals surface area contributed by atoms with E-state index in [2.05, 4.69) is 0 Å². The van der Waals surface area contributed by atoms with Crippen LogP contribution >= 0.6 is 0 Å². The molecule has 2 amide bonds. The second-order valence-corrected chi connectivity index (χ2v) is 4.89. The Balaban J connectivity index is 2.03. The van der Waals surface area contributed by atoms with Crippen LogP contribution < -0.4 is 0 Å². The summed E-state index contributed by atoms with van der Waals surface area (Å²) in [5.41, 5.74) is 1.84. The minimum Gasteiger partial charge on any atom is -0.478 e. The molecule has 98 valence electrons. The fourth-order valence-corrected chi connectivity index (χ4v) is 3.04. The van der Waals surface area contributed by atoms with Gasteiger partial charge in [0.2, 0.25) is 11.8 Å². The van der Waals surface area contributed by atoms with Gasteiger partial charge in [0, 0.05) is 12.8 Å². The second-order valence-electron chi connectivity index (χ2n) is 4.89. The molecule has 1 aliphatic heterocycles. The smallest absolute Gasteiger partial charge is 0.335 e. The summed E-state index contributed by atoms with van der Waals surface area (Å²) in [5, 5.41) is 9.16. The third-order valence-electron chi connectivity index (χ3n) is 3.87. The molecule has 0 spiro atoms. The minimum atomic E-state index is -0.962. The topological polar surface area (TPSA) is 74.7 Å². The first-order valence-corrected chi connectivity index (χ1v) is 6.29. The van der Waals surface area contributed by atoms with Crippen LogP contribution in [0, 0.1) is 0 Å². The number of rotatable bonds is 2. The van der Waals surface area contributed by atoms with Gasteiger partial charge in [-0.25, -0.2) is 4.79 Å². The van der Waals surface area contributed by atoms with Crippen LogP contribution in [0.4, 0.5) is 0 Å². The minimum absolute atomic E-state index is 0.149. The van der Waals surface area contributed by atoms with Gasteiger partial charge < -0.3 is 5.11 Å². The summed E-state index contributed by atoms with van der Waals surface area (Å²) in [4.78, 5) is 36.1. The van der Waals surface area contributed by atoms with E-state index in [1.165, 1.54) is 4.90 Å². The molecule has 3 rings (SSSR count). The van der Waals surface area contributed by atoms with E-state index in [4.69, 9.17) is 5.11 Å². The van der Waals surface area contributed by atoms with Crippen LogP contribution in [0.3, 0.4) is 0 Å². The lowest BCUT2D eigenvalue weighted by molar-refractivity contribution is -0.141. The van der Waals surface area contributed by atoms with E-state index in [1.807, 2.05) is 6.07 Å². The molecular weight excluding hydrogens is 246 g/mol. The van der Waals surface area contributed by atoms with Crippen LogP contribution in [0.1, 0.15) is 46.8 Å². The first-order chi connectivity index (χ1) is 9.09. The lowest BCUT2D eigenvalue weighted by Gasteiger charge is -2.23. The molecule has 0 bridgehead atoms. The zero-order valence-electron chi connectivity index (χ0n) is 10.3. The summed E-state index contributed by atoms with van der Waals surface area (Å²) >= 11 is 0. The van der Waals surface area contributed by atoms with Gasteiger partial charge in [0.05, 0.1) is 11.6 Å². The number of carboxylic acids is 1. The Morgan fingerprint density at radius 2 is 1.84 bits per heavy atom. The van der Waals surface area contributed by atoms with Crippen molar-refractivity contribution in [3.05, 3.63) is 34.9 Å². The predicted molar refractivity (Wildman–Crippen MR) is 65.6 cm³/mol. The number of carbonyl (C=O) groups excluding carboxylic acids is 2. The summed E-state index contributed by atoms with van der Waals surface area (Å²) in [6.45, 7) is 0. The molecule has 5 heteroatoms. The zero-order chi connectivity index (χ0) is 13.6. The normalized spacial score (nSPS) is 21.9. The fourth-order valence-electron chi connectivity index (χ4n) is 3.04. The molecule has 1 aliphatic carbocycles. The van der Waals surface area contributed by atoms with E-state index in [0.29, 0.717) is 12.8 Å². The summed E-state index contributed by atoms with van der Waals surface area (Å²) in [6.07, 6.45) is 1.75. The first kappa shape index (κ1) is 11.9. The third kappa shape index (κ3) is 1.73. The Labute approximate surface area is 109 Å². The number of hydrogen-bond acceptors (Lipinski definition) is 3. The lowest BCUT2D eigenvalue weighted by Crippen LogP contribution is -2.32. The second kappa shape index (κ2) is 4.19. The zero-order valence-corrected chi connectivity index (χ0v) is 10.3. The van der Waals surface area contributed by atoms with Crippen molar-refractivity contribution >= 4 is 17.8 Å². The number of carbonyl (C=O) groups is 3. The predicted octanol–water partition coefficient (Wildman–Crippen LogP) is 1.52. The van der Waals surface area contributed by atoms with Crippen LogP contribution in [-0.4, -0.2) is 27.8 Å². The Hall–Kier alpha value is -2.17. The lowest BCUT2D eigenvalue weighted by atomic mass is 10.0. The van der Waals surface area contributed by atoms with Gasteiger partial charge in [-0.15, -0.1) is 0 Å². The Bertz CT molecular complexity index is 577. The maximum atomic E-state index is 11.8. The Kier molecular flexibility index (Phi) is 2.62. The summed E-state index contributed by atoms with van der Waals surface area (Å²) < 4.78 is 0. The third-order valence-corrected chi connectivity index (χ3v) is 3.87. The molecular formula is C14H13NO4. The van der Waals surface area contributed by atoms with Crippen molar-refractivity contribution < 1.29 is 19.5 Å². The van der Waals surface area contributed by atoms with Crippen molar-refractivity contribution in [2.45, 2.75) is 31.7 Å². The van der Waals surface area contributed by atoms with E-state index in [9.17, 15) is 14.4 Å². The maximum absolute atomic E-state index is 11.8. The highest BCUT2D eigenvalue weighted by molar-refractivity contribution is 6.02. The molecule has 1 aromatic carbocycles. The maximum Gasteiger partial charge on any atom is 0.335 e. The molecule has 19 heavy (non-hydrogen) atoms. The van der Waals surface area contributed by atoms with Crippen molar-refractivity contribution in [1.82, 2.24) is 4.90 Å². The average molecular weight is 259 g/mol. The first-order valence-electron chi connectivity index (χ1n) is 6.29. The highest BCUT2D eigenvalue weighted by Crippen LogP contribution is 2.39. The van der Waals surface area contributed by atoms with Crippen molar-refractivity contribution in [1.29, 1.82) is 0 Å². The highest BCUT2D eigenvalue weighted by atomic mass is 16.4. The van der Waals surface area contributed by atoms with Crippen LogP contribution in [0.25, 0.3) is 0 Å². The van der Waals surface area contributed by atoms with Crippen LogP contribution in [0.2, 0.25) is 0 Å². The molecule has 1 N–H and O–H groups in total.